The second kappa shape index (κ2) is 7.02. The van der Waals surface area contributed by atoms with Crippen LogP contribution in [0.3, 0.4) is 0 Å². The van der Waals surface area contributed by atoms with Gasteiger partial charge < -0.3 is 9.80 Å². The fraction of sp³-hybridized carbons (Fsp3) is 0.381. The van der Waals surface area contributed by atoms with Gasteiger partial charge in [0.15, 0.2) is 0 Å². The minimum Gasteiger partial charge on any atom is -0.366 e. The Kier molecular flexibility index (Phi) is 4.56. The number of hydrogen-bond acceptors (Lipinski definition) is 4. The van der Waals surface area contributed by atoms with Crippen molar-refractivity contribution in [2.45, 2.75) is 38.6 Å². The van der Waals surface area contributed by atoms with Crippen LogP contribution in [-0.2, 0) is 6.42 Å². The van der Waals surface area contributed by atoms with E-state index in [4.69, 9.17) is 0 Å². The van der Waals surface area contributed by atoms with Gasteiger partial charge in [-0.1, -0.05) is 18.2 Å². The van der Waals surface area contributed by atoms with E-state index in [1.54, 1.807) is 17.0 Å². The largest absolute Gasteiger partial charge is 0.366 e. The Hall–Kier alpha value is -2.89. The Morgan fingerprint density at radius 2 is 1.81 bits per heavy atom. The SMILES string of the molecule is C[C@@H]1Cc2ccccc2N1C(=O)c1ccc(N2CCCCC2)c([N+](=O)[O-])c1. The Bertz CT molecular complexity index is 890. The number of nitro benzene ring substituents is 1. The van der Waals surface area contributed by atoms with Crippen LogP contribution < -0.4 is 9.80 Å². The fourth-order valence-corrected chi connectivity index (χ4v) is 4.22. The molecule has 0 unspecified atom stereocenters. The molecule has 0 aromatic heterocycles. The van der Waals surface area contributed by atoms with E-state index in [9.17, 15) is 14.9 Å². The Morgan fingerprint density at radius 1 is 1.07 bits per heavy atom. The molecule has 2 aliphatic heterocycles. The summed E-state index contributed by atoms with van der Waals surface area (Å²) in [6.45, 7) is 3.66. The van der Waals surface area contributed by atoms with Gasteiger partial charge in [-0.3, -0.25) is 14.9 Å². The summed E-state index contributed by atoms with van der Waals surface area (Å²) >= 11 is 0. The van der Waals surface area contributed by atoms with E-state index in [1.165, 1.54) is 6.07 Å². The minimum atomic E-state index is -0.373. The predicted molar refractivity (Wildman–Crippen MR) is 106 cm³/mol. The van der Waals surface area contributed by atoms with Crippen molar-refractivity contribution >= 4 is 23.0 Å². The van der Waals surface area contributed by atoms with E-state index >= 15 is 0 Å². The highest BCUT2D eigenvalue weighted by Crippen LogP contribution is 2.35. The molecule has 6 heteroatoms. The van der Waals surface area contributed by atoms with Gasteiger partial charge in [0.05, 0.1) is 4.92 Å². The molecule has 140 valence electrons. The van der Waals surface area contributed by atoms with E-state index in [0.29, 0.717) is 11.3 Å². The normalized spacial score (nSPS) is 19.1. The number of carbonyl (C=O) groups is 1. The van der Waals surface area contributed by atoms with E-state index in [-0.39, 0.29) is 22.6 Å². The smallest absolute Gasteiger partial charge is 0.293 e. The van der Waals surface area contributed by atoms with Gasteiger partial charge in [0.2, 0.25) is 0 Å². The molecule has 0 radical (unpaired) electrons. The van der Waals surface area contributed by atoms with Gasteiger partial charge in [-0.2, -0.15) is 0 Å². The summed E-state index contributed by atoms with van der Waals surface area (Å²) in [5.41, 5.74) is 3.04. The topological polar surface area (TPSA) is 66.7 Å². The van der Waals surface area contributed by atoms with Crippen molar-refractivity contribution in [3.63, 3.8) is 0 Å². The lowest BCUT2D eigenvalue weighted by atomic mass is 10.1. The lowest BCUT2D eigenvalue weighted by Crippen LogP contribution is -2.36. The molecule has 1 fully saturated rings. The van der Waals surface area contributed by atoms with Crippen molar-refractivity contribution in [2.75, 3.05) is 22.9 Å². The number of anilines is 2. The van der Waals surface area contributed by atoms with E-state index in [2.05, 4.69) is 4.90 Å². The third-order valence-corrected chi connectivity index (χ3v) is 5.54. The number of para-hydroxylation sites is 1. The zero-order valence-electron chi connectivity index (χ0n) is 15.4. The third-order valence-electron chi connectivity index (χ3n) is 5.54. The first-order valence-electron chi connectivity index (χ1n) is 9.51. The van der Waals surface area contributed by atoms with Crippen LogP contribution in [0.2, 0.25) is 0 Å². The molecule has 2 aromatic rings. The predicted octanol–water partition coefficient (Wildman–Crippen LogP) is 4.18. The van der Waals surface area contributed by atoms with Crippen molar-refractivity contribution in [1.29, 1.82) is 0 Å². The standard InChI is InChI=1S/C21H23N3O3/c1-15-13-16-7-3-4-8-18(16)23(15)21(25)17-9-10-19(20(14-17)24(26)27)22-11-5-2-6-12-22/h3-4,7-10,14-15H,2,5-6,11-13H2,1H3/t15-/m1/s1. The first-order chi connectivity index (χ1) is 13.1. The number of carbonyl (C=O) groups excluding carboxylic acids is 1. The first kappa shape index (κ1) is 17.5. The number of fused-ring (bicyclic) bond motifs is 1. The van der Waals surface area contributed by atoms with Crippen LogP contribution in [0.5, 0.6) is 0 Å². The maximum absolute atomic E-state index is 13.2. The minimum absolute atomic E-state index is 0.0166. The molecule has 0 N–H and O–H groups in total. The molecule has 2 aliphatic rings. The van der Waals surface area contributed by atoms with Crippen LogP contribution in [0.4, 0.5) is 17.1 Å². The molecule has 2 aromatic carbocycles. The molecule has 1 saturated heterocycles. The van der Waals surface area contributed by atoms with Crippen molar-refractivity contribution in [2.24, 2.45) is 0 Å². The molecule has 1 atom stereocenters. The van der Waals surface area contributed by atoms with E-state index in [1.807, 2.05) is 31.2 Å². The zero-order valence-corrected chi connectivity index (χ0v) is 15.4. The molecule has 0 bridgehead atoms. The molecule has 0 saturated carbocycles. The summed E-state index contributed by atoms with van der Waals surface area (Å²) in [7, 11) is 0. The summed E-state index contributed by atoms with van der Waals surface area (Å²) in [6, 6.07) is 12.8. The maximum atomic E-state index is 13.2. The van der Waals surface area contributed by atoms with Crippen molar-refractivity contribution < 1.29 is 9.72 Å². The second-order valence-corrected chi connectivity index (χ2v) is 7.37. The van der Waals surface area contributed by atoms with Gasteiger partial charge >= 0.3 is 0 Å². The highest BCUT2D eigenvalue weighted by atomic mass is 16.6. The molecule has 0 spiro atoms. The quantitative estimate of drug-likeness (QED) is 0.605. The number of amides is 1. The molecule has 1 amide bonds. The molecule has 2 heterocycles. The zero-order chi connectivity index (χ0) is 19.0. The number of rotatable bonds is 3. The number of piperidine rings is 1. The Morgan fingerprint density at radius 3 is 2.56 bits per heavy atom. The van der Waals surface area contributed by atoms with Gasteiger partial charge in [0.25, 0.3) is 11.6 Å². The number of nitrogens with zero attached hydrogens (tertiary/aromatic N) is 3. The van der Waals surface area contributed by atoms with Crippen LogP contribution in [0.25, 0.3) is 0 Å². The highest BCUT2D eigenvalue weighted by Gasteiger charge is 2.32. The molecular formula is C21H23N3O3. The van der Waals surface area contributed by atoms with Crippen molar-refractivity contribution in [1.82, 2.24) is 0 Å². The Balaban J connectivity index is 1.69. The fourth-order valence-electron chi connectivity index (χ4n) is 4.22. The van der Waals surface area contributed by atoms with E-state index in [0.717, 1.165) is 50.0 Å². The first-order valence-corrected chi connectivity index (χ1v) is 9.51. The summed E-state index contributed by atoms with van der Waals surface area (Å²) in [5, 5.41) is 11.7. The highest BCUT2D eigenvalue weighted by molar-refractivity contribution is 6.08. The van der Waals surface area contributed by atoms with Gasteiger partial charge in [-0.15, -0.1) is 0 Å². The van der Waals surface area contributed by atoms with Gasteiger partial charge in [-0.25, -0.2) is 0 Å². The molecule has 6 nitrogen and oxygen atoms in total. The van der Waals surface area contributed by atoms with Crippen LogP contribution >= 0.6 is 0 Å². The summed E-state index contributed by atoms with van der Waals surface area (Å²) in [4.78, 5) is 28.3. The lowest BCUT2D eigenvalue weighted by Gasteiger charge is -2.28. The number of benzene rings is 2. The molecule has 27 heavy (non-hydrogen) atoms. The molecular weight excluding hydrogens is 342 g/mol. The second-order valence-electron chi connectivity index (χ2n) is 7.37. The average Bonchev–Trinajstić information content (AvgIpc) is 3.03. The summed E-state index contributed by atoms with van der Waals surface area (Å²) < 4.78 is 0. The lowest BCUT2D eigenvalue weighted by molar-refractivity contribution is -0.384. The monoisotopic (exact) mass is 365 g/mol. The summed E-state index contributed by atoms with van der Waals surface area (Å²) in [5.74, 6) is -0.180. The van der Waals surface area contributed by atoms with Crippen LogP contribution in [-0.4, -0.2) is 30.0 Å². The number of nitro groups is 1. The number of hydrogen-bond donors (Lipinski definition) is 0. The maximum Gasteiger partial charge on any atom is 0.293 e. The molecule has 0 aliphatic carbocycles. The Labute approximate surface area is 158 Å². The van der Waals surface area contributed by atoms with Gasteiger partial charge in [-0.05, 0) is 56.4 Å². The van der Waals surface area contributed by atoms with Gasteiger partial charge in [0.1, 0.15) is 5.69 Å². The van der Waals surface area contributed by atoms with Crippen LogP contribution in [0, 0.1) is 10.1 Å². The summed E-state index contributed by atoms with van der Waals surface area (Å²) in [6.07, 6.45) is 4.04. The van der Waals surface area contributed by atoms with Crippen molar-refractivity contribution in [3.05, 3.63) is 63.7 Å². The van der Waals surface area contributed by atoms with Crippen molar-refractivity contribution in [3.8, 4) is 0 Å². The molecule has 4 rings (SSSR count). The third kappa shape index (κ3) is 3.16. The van der Waals surface area contributed by atoms with Crippen LogP contribution in [0.1, 0.15) is 42.1 Å². The average molecular weight is 365 g/mol. The van der Waals surface area contributed by atoms with Gasteiger partial charge in [0, 0.05) is 36.4 Å². The van der Waals surface area contributed by atoms with E-state index < -0.39 is 0 Å². The van der Waals surface area contributed by atoms with Crippen LogP contribution in [0.15, 0.2) is 42.5 Å².